The van der Waals surface area contributed by atoms with Crippen LogP contribution < -0.4 is 14.8 Å². The van der Waals surface area contributed by atoms with Crippen molar-refractivity contribution < 1.29 is 23.5 Å². The Morgan fingerprint density at radius 3 is 2.59 bits per heavy atom. The molecule has 1 aromatic rings. The lowest BCUT2D eigenvalue weighted by Gasteiger charge is -2.45. The van der Waals surface area contributed by atoms with Crippen LogP contribution in [-0.2, 0) is 9.22 Å². The number of amides is 1. The third-order valence-corrected chi connectivity index (χ3v) is 10.5. The molecule has 1 N–H and O–H groups in total. The van der Waals surface area contributed by atoms with Gasteiger partial charge in [0.25, 0.3) is 0 Å². The minimum Gasteiger partial charge on any atom is -0.454 e. The molecule has 1 saturated heterocycles. The second-order valence-electron chi connectivity index (χ2n) is 8.92. The van der Waals surface area contributed by atoms with Crippen LogP contribution in [0.4, 0.5) is 0 Å². The zero-order valence-corrected chi connectivity index (χ0v) is 17.9. The van der Waals surface area contributed by atoms with Gasteiger partial charge in [0.05, 0.1) is 18.1 Å². The molecule has 1 aromatic carbocycles. The first-order valence-corrected chi connectivity index (χ1v) is 12.3. The van der Waals surface area contributed by atoms with Gasteiger partial charge in [0, 0.05) is 12.0 Å². The Labute approximate surface area is 161 Å². The molecule has 7 heteroatoms. The third kappa shape index (κ3) is 3.89. The van der Waals surface area contributed by atoms with Gasteiger partial charge in [-0.2, -0.15) is 0 Å². The monoisotopic (exact) mass is 391 g/mol. The lowest BCUT2D eigenvalue weighted by molar-refractivity contribution is -0.139. The molecule has 148 valence electrons. The summed E-state index contributed by atoms with van der Waals surface area (Å²) in [6, 6.07) is 4.99. The molecule has 0 spiro atoms. The zero-order valence-electron chi connectivity index (χ0n) is 16.9. The molecule has 0 aromatic heterocycles. The predicted molar refractivity (Wildman–Crippen MR) is 105 cm³/mol. The maximum atomic E-state index is 12.7. The largest absolute Gasteiger partial charge is 0.454 e. The van der Waals surface area contributed by atoms with Crippen LogP contribution in [0.3, 0.4) is 0 Å². The highest BCUT2D eigenvalue weighted by Crippen LogP contribution is 2.39. The lowest BCUT2D eigenvalue weighted by Crippen LogP contribution is -2.64. The fourth-order valence-electron chi connectivity index (χ4n) is 3.28. The average Bonchev–Trinajstić information content (AvgIpc) is 2.99. The van der Waals surface area contributed by atoms with Gasteiger partial charge < -0.3 is 19.2 Å². The minimum absolute atomic E-state index is 0.0252. The van der Waals surface area contributed by atoms with E-state index in [4.69, 9.17) is 13.9 Å². The molecule has 2 aliphatic heterocycles. The molecular weight excluding hydrogens is 362 g/mol. The summed E-state index contributed by atoms with van der Waals surface area (Å²) in [5.74, 6) is 0.882. The van der Waals surface area contributed by atoms with Crippen molar-refractivity contribution in [1.29, 1.82) is 0 Å². The Kier molecular flexibility index (Phi) is 5.11. The molecule has 2 aliphatic rings. The van der Waals surface area contributed by atoms with Gasteiger partial charge in [0.15, 0.2) is 25.6 Å². The quantitative estimate of drug-likeness (QED) is 0.456. The molecule has 0 aliphatic carbocycles. The number of benzene rings is 1. The molecule has 0 radical (unpaired) electrons. The molecule has 1 amide bonds. The van der Waals surface area contributed by atoms with E-state index in [9.17, 15) is 9.59 Å². The molecule has 6 nitrogen and oxygen atoms in total. The Morgan fingerprint density at radius 2 is 1.96 bits per heavy atom. The summed E-state index contributed by atoms with van der Waals surface area (Å²) in [4.78, 5) is 24.9. The van der Waals surface area contributed by atoms with Gasteiger partial charge in [-0.1, -0.05) is 20.8 Å². The Hall–Kier alpha value is -1.86. The van der Waals surface area contributed by atoms with Crippen LogP contribution in [0.2, 0.25) is 18.1 Å². The Morgan fingerprint density at radius 1 is 1.30 bits per heavy atom. The Bertz CT molecular complexity index is 755. The topological polar surface area (TPSA) is 73.9 Å². The van der Waals surface area contributed by atoms with Gasteiger partial charge in [-0.15, -0.1) is 0 Å². The summed E-state index contributed by atoms with van der Waals surface area (Å²) in [5.41, 5.74) is 0.567. The van der Waals surface area contributed by atoms with E-state index in [2.05, 4.69) is 39.2 Å². The van der Waals surface area contributed by atoms with Gasteiger partial charge in [0.1, 0.15) is 0 Å². The summed E-state index contributed by atoms with van der Waals surface area (Å²) in [7, 11) is -1.98. The van der Waals surface area contributed by atoms with E-state index >= 15 is 0 Å². The van der Waals surface area contributed by atoms with Crippen LogP contribution in [0.1, 0.15) is 44.5 Å². The molecule has 0 bridgehead atoms. The number of carbonyl (C=O) groups excluding carboxylic acids is 2. The summed E-state index contributed by atoms with van der Waals surface area (Å²) in [6.07, 6.45) is 0.0375. The van der Waals surface area contributed by atoms with Crippen molar-refractivity contribution in [2.45, 2.75) is 64.4 Å². The second kappa shape index (κ2) is 6.94. The van der Waals surface area contributed by atoms with Gasteiger partial charge in [-0.05, 0) is 43.3 Å². The minimum atomic E-state index is -1.98. The van der Waals surface area contributed by atoms with Crippen LogP contribution >= 0.6 is 0 Å². The smallest absolute Gasteiger partial charge is 0.231 e. The van der Waals surface area contributed by atoms with E-state index in [-0.39, 0.29) is 48.0 Å². The normalized spacial score (nSPS) is 22.8. The van der Waals surface area contributed by atoms with Gasteiger partial charge in [0.2, 0.25) is 12.7 Å². The van der Waals surface area contributed by atoms with Crippen molar-refractivity contribution in [1.82, 2.24) is 5.32 Å². The number of ketones is 1. The van der Waals surface area contributed by atoms with Crippen LogP contribution in [-0.4, -0.2) is 38.9 Å². The fraction of sp³-hybridized carbons (Fsp3) is 0.600. The van der Waals surface area contributed by atoms with E-state index in [0.717, 1.165) is 0 Å². The van der Waals surface area contributed by atoms with Crippen LogP contribution in [0.25, 0.3) is 0 Å². The van der Waals surface area contributed by atoms with E-state index in [1.165, 1.54) is 0 Å². The summed E-state index contributed by atoms with van der Waals surface area (Å²) in [5, 5.41) is 2.94. The summed E-state index contributed by atoms with van der Waals surface area (Å²) < 4.78 is 17.0. The van der Waals surface area contributed by atoms with E-state index in [0.29, 0.717) is 17.1 Å². The highest BCUT2D eigenvalue weighted by molar-refractivity contribution is 6.74. The molecular formula is C20H29NO5Si. The maximum Gasteiger partial charge on any atom is 0.231 e. The van der Waals surface area contributed by atoms with Gasteiger partial charge in [-0.3, -0.25) is 9.59 Å². The van der Waals surface area contributed by atoms with Crippen molar-refractivity contribution in [2.24, 2.45) is 5.92 Å². The van der Waals surface area contributed by atoms with E-state index in [1.54, 1.807) is 18.2 Å². The van der Waals surface area contributed by atoms with Crippen molar-refractivity contribution >= 4 is 20.0 Å². The molecule has 27 heavy (non-hydrogen) atoms. The van der Waals surface area contributed by atoms with Crippen molar-refractivity contribution in [3.63, 3.8) is 0 Å². The second-order valence-corrected chi connectivity index (χ2v) is 13.7. The molecule has 3 atom stereocenters. The SMILES string of the molecule is C[C@H](O[Si](C)(C)C(C)(C)C)[C@H]1C(=O)N[C@@H]1CC(=O)c1ccc2c(c1)OCO2. The van der Waals surface area contributed by atoms with Crippen molar-refractivity contribution in [3.05, 3.63) is 23.8 Å². The molecule has 3 rings (SSSR count). The number of hydrogen-bond acceptors (Lipinski definition) is 5. The maximum absolute atomic E-state index is 12.7. The van der Waals surface area contributed by atoms with Crippen LogP contribution in [0.5, 0.6) is 11.5 Å². The third-order valence-electron chi connectivity index (χ3n) is 5.96. The standard InChI is InChI=1S/C20H29NO5Si/c1-12(26-27(5,6)20(2,3)4)18-14(21-19(18)23)10-15(22)13-7-8-16-17(9-13)25-11-24-16/h7-9,12,14,18H,10-11H2,1-6H3,(H,21,23)/t12-,14+,18+/m0/s1. The molecule has 0 saturated carbocycles. The predicted octanol–water partition coefficient (Wildman–Crippen LogP) is 3.51. The zero-order chi connectivity index (χ0) is 20.0. The van der Waals surface area contributed by atoms with Gasteiger partial charge in [-0.25, -0.2) is 0 Å². The first kappa shape index (κ1) is 19.9. The number of hydrogen-bond donors (Lipinski definition) is 1. The summed E-state index contributed by atoms with van der Waals surface area (Å²) in [6.45, 7) is 13.0. The molecule has 0 unspecified atom stereocenters. The number of fused-ring (bicyclic) bond motifs is 1. The van der Waals surface area contributed by atoms with E-state index < -0.39 is 8.32 Å². The summed E-state index contributed by atoms with van der Waals surface area (Å²) >= 11 is 0. The van der Waals surface area contributed by atoms with E-state index in [1.807, 2.05) is 6.92 Å². The first-order valence-electron chi connectivity index (χ1n) is 9.40. The number of carbonyl (C=O) groups is 2. The number of nitrogens with one attached hydrogen (secondary N) is 1. The van der Waals surface area contributed by atoms with Crippen LogP contribution in [0.15, 0.2) is 18.2 Å². The first-order chi connectivity index (χ1) is 12.5. The van der Waals surface area contributed by atoms with Crippen LogP contribution in [0, 0.1) is 5.92 Å². The molecule has 1 fully saturated rings. The van der Waals surface area contributed by atoms with Crippen molar-refractivity contribution in [2.75, 3.05) is 6.79 Å². The average molecular weight is 392 g/mol. The highest BCUT2D eigenvalue weighted by atomic mass is 28.4. The lowest BCUT2D eigenvalue weighted by atomic mass is 9.82. The highest BCUT2D eigenvalue weighted by Gasteiger charge is 2.47. The number of β-lactam (4-membered cyclic amide) rings is 1. The fourth-order valence-corrected chi connectivity index (χ4v) is 4.71. The van der Waals surface area contributed by atoms with Crippen molar-refractivity contribution in [3.8, 4) is 11.5 Å². The number of ether oxygens (including phenoxy) is 2. The molecule has 2 heterocycles. The Balaban J connectivity index is 1.65. The van der Waals surface area contributed by atoms with Gasteiger partial charge >= 0.3 is 0 Å². The number of Topliss-reactive ketones (excluding diaryl/α,β-unsaturated/α-hetero) is 1. The number of rotatable bonds is 6.